The lowest BCUT2D eigenvalue weighted by Crippen LogP contribution is -2.14. The van der Waals surface area contributed by atoms with E-state index < -0.39 is 0 Å². The van der Waals surface area contributed by atoms with Gasteiger partial charge in [-0.1, -0.05) is 6.07 Å². The van der Waals surface area contributed by atoms with Gasteiger partial charge in [0.2, 0.25) is 0 Å². The van der Waals surface area contributed by atoms with Crippen LogP contribution in [0.1, 0.15) is 36.4 Å². The molecule has 17 heavy (non-hydrogen) atoms. The number of hydrogen-bond acceptors (Lipinski definition) is 3. The highest BCUT2D eigenvalue weighted by Crippen LogP contribution is 2.38. The molecule has 3 nitrogen and oxygen atoms in total. The molecule has 0 radical (unpaired) electrons. The Bertz CT molecular complexity index is 411. The molecule has 0 amide bonds. The molecule has 2 aliphatic heterocycles. The van der Waals surface area contributed by atoms with Gasteiger partial charge in [0.05, 0.1) is 13.2 Å². The molecule has 1 saturated heterocycles. The smallest absolute Gasteiger partial charge is 0.164 e. The molecule has 0 spiro atoms. The Morgan fingerprint density at radius 3 is 2.88 bits per heavy atom. The van der Waals surface area contributed by atoms with E-state index in [4.69, 9.17) is 9.47 Å². The molecule has 1 fully saturated rings. The standard InChI is InChI=1S/C14H19NO2/c1-10-11(12-4-2-7-15-12)5-6-13-14(10)17-9-3-8-16-13/h5-6,12,15H,2-4,7-9H2,1H3. The number of hydrogen-bond donors (Lipinski definition) is 1. The first kappa shape index (κ1) is 10.9. The lowest BCUT2D eigenvalue weighted by atomic mass is 9.99. The SMILES string of the molecule is Cc1c(C2CCCN2)ccc2c1OCCCO2. The van der Waals surface area contributed by atoms with Crippen molar-refractivity contribution in [3.63, 3.8) is 0 Å². The molecule has 92 valence electrons. The Kier molecular flexibility index (Phi) is 2.93. The predicted octanol–water partition coefficient (Wildman–Crippen LogP) is 2.58. The van der Waals surface area contributed by atoms with Crippen LogP contribution in [0.4, 0.5) is 0 Å². The quantitative estimate of drug-likeness (QED) is 0.808. The summed E-state index contributed by atoms with van der Waals surface area (Å²) in [5, 5.41) is 3.54. The van der Waals surface area contributed by atoms with Crippen molar-refractivity contribution in [2.75, 3.05) is 19.8 Å². The first-order valence-electron chi connectivity index (χ1n) is 6.49. The summed E-state index contributed by atoms with van der Waals surface area (Å²) in [6.07, 6.45) is 3.45. The Morgan fingerprint density at radius 2 is 2.06 bits per heavy atom. The maximum atomic E-state index is 5.83. The normalized spacial score (nSPS) is 23.5. The fourth-order valence-corrected chi connectivity index (χ4v) is 2.72. The Labute approximate surface area is 102 Å². The van der Waals surface area contributed by atoms with Crippen LogP contribution in [0.15, 0.2) is 12.1 Å². The molecule has 0 bridgehead atoms. The minimum atomic E-state index is 0.493. The van der Waals surface area contributed by atoms with Crippen LogP contribution >= 0.6 is 0 Å². The van der Waals surface area contributed by atoms with Gasteiger partial charge in [-0.25, -0.2) is 0 Å². The highest BCUT2D eigenvalue weighted by molar-refractivity contribution is 5.51. The van der Waals surface area contributed by atoms with Crippen LogP contribution in [0.3, 0.4) is 0 Å². The van der Waals surface area contributed by atoms with Gasteiger partial charge in [0.15, 0.2) is 11.5 Å². The third-order valence-corrected chi connectivity index (χ3v) is 3.64. The maximum Gasteiger partial charge on any atom is 0.164 e. The highest BCUT2D eigenvalue weighted by Gasteiger charge is 2.22. The van der Waals surface area contributed by atoms with E-state index in [1.807, 2.05) is 0 Å². The molecule has 0 saturated carbocycles. The minimum Gasteiger partial charge on any atom is -0.490 e. The summed E-state index contributed by atoms with van der Waals surface area (Å²) in [6, 6.07) is 4.74. The van der Waals surface area contributed by atoms with Crippen molar-refractivity contribution < 1.29 is 9.47 Å². The fraction of sp³-hybridized carbons (Fsp3) is 0.571. The summed E-state index contributed by atoms with van der Waals surface area (Å²) >= 11 is 0. The number of rotatable bonds is 1. The molecule has 2 aliphatic rings. The van der Waals surface area contributed by atoms with Crippen molar-refractivity contribution >= 4 is 0 Å². The molecule has 3 rings (SSSR count). The summed E-state index contributed by atoms with van der Waals surface area (Å²) in [5.74, 6) is 1.86. The van der Waals surface area contributed by atoms with E-state index in [0.717, 1.165) is 37.7 Å². The van der Waals surface area contributed by atoms with Gasteiger partial charge in [-0.05, 0) is 43.5 Å². The van der Waals surface area contributed by atoms with Gasteiger partial charge in [-0.15, -0.1) is 0 Å². The van der Waals surface area contributed by atoms with Gasteiger partial charge in [0.25, 0.3) is 0 Å². The van der Waals surface area contributed by atoms with Crippen LogP contribution in [0.5, 0.6) is 11.5 Å². The van der Waals surface area contributed by atoms with E-state index in [1.165, 1.54) is 24.0 Å². The Hall–Kier alpha value is -1.22. The fourth-order valence-electron chi connectivity index (χ4n) is 2.72. The van der Waals surface area contributed by atoms with Crippen molar-refractivity contribution in [2.45, 2.75) is 32.2 Å². The van der Waals surface area contributed by atoms with E-state index in [1.54, 1.807) is 0 Å². The van der Waals surface area contributed by atoms with Gasteiger partial charge >= 0.3 is 0 Å². The average molecular weight is 233 g/mol. The first-order chi connectivity index (χ1) is 8.36. The Balaban J connectivity index is 1.98. The third-order valence-electron chi connectivity index (χ3n) is 3.64. The number of benzene rings is 1. The molecule has 2 heterocycles. The van der Waals surface area contributed by atoms with E-state index in [9.17, 15) is 0 Å². The second kappa shape index (κ2) is 4.57. The summed E-state index contributed by atoms with van der Waals surface area (Å²) in [6.45, 7) is 4.78. The third kappa shape index (κ3) is 2.00. The monoisotopic (exact) mass is 233 g/mol. The maximum absolute atomic E-state index is 5.83. The summed E-state index contributed by atoms with van der Waals surface area (Å²) in [7, 11) is 0. The van der Waals surface area contributed by atoms with Crippen LogP contribution in [0.2, 0.25) is 0 Å². The van der Waals surface area contributed by atoms with E-state index in [0.29, 0.717) is 6.04 Å². The summed E-state index contributed by atoms with van der Waals surface area (Å²) in [4.78, 5) is 0. The number of ether oxygens (including phenoxy) is 2. The lowest BCUT2D eigenvalue weighted by Gasteiger charge is -2.18. The molecule has 1 aromatic carbocycles. The lowest BCUT2D eigenvalue weighted by molar-refractivity contribution is 0.296. The second-order valence-corrected chi connectivity index (χ2v) is 4.81. The first-order valence-corrected chi connectivity index (χ1v) is 6.49. The second-order valence-electron chi connectivity index (χ2n) is 4.81. The molecule has 0 aromatic heterocycles. The topological polar surface area (TPSA) is 30.5 Å². The zero-order chi connectivity index (χ0) is 11.7. The van der Waals surface area contributed by atoms with Crippen molar-refractivity contribution in [3.05, 3.63) is 23.3 Å². The van der Waals surface area contributed by atoms with Gasteiger partial charge < -0.3 is 14.8 Å². The average Bonchev–Trinajstić information content (AvgIpc) is 2.74. The molecule has 0 aliphatic carbocycles. The summed E-state index contributed by atoms with van der Waals surface area (Å²) < 4.78 is 11.5. The Morgan fingerprint density at radius 1 is 1.18 bits per heavy atom. The summed E-state index contributed by atoms with van der Waals surface area (Å²) in [5.41, 5.74) is 2.61. The van der Waals surface area contributed by atoms with Crippen molar-refractivity contribution in [1.29, 1.82) is 0 Å². The molecular formula is C14H19NO2. The van der Waals surface area contributed by atoms with Crippen LogP contribution in [0, 0.1) is 6.92 Å². The largest absolute Gasteiger partial charge is 0.490 e. The van der Waals surface area contributed by atoms with E-state index >= 15 is 0 Å². The molecule has 1 N–H and O–H groups in total. The molecular weight excluding hydrogens is 214 g/mol. The van der Waals surface area contributed by atoms with Crippen molar-refractivity contribution in [1.82, 2.24) is 5.32 Å². The van der Waals surface area contributed by atoms with E-state index in [-0.39, 0.29) is 0 Å². The molecule has 1 atom stereocenters. The van der Waals surface area contributed by atoms with Crippen LogP contribution in [0.25, 0.3) is 0 Å². The van der Waals surface area contributed by atoms with Gasteiger partial charge in [0.1, 0.15) is 0 Å². The number of nitrogens with one attached hydrogen (secondary N) is 1. The van der Waals surface area contributed by atoms with Crippen LogP contribution < -0.4 is 14.8 Å². The van der Waals surface area contributed by atoms with Gasteiger partial charge in [-0.2, -0.15) is 0 Å². The van der Waals surface area contributed by atoms with Gasteiger partial charge in [0, 0.05) is 12.5 Å². The highest BCUT2D eigenvalue weighted by atomic mass is 16.5. The van der Waals surface area contributed by atoms with Crippen LogP contribution in [-0.4, -0.2) is 19.8 Å². The molecule has 1 unspecified atom stereocenters. The van der Waals surface area contributed by atoms with E-state index in [2.05, 4.69) is 24.4 Å². The molecule has 1 aromatic rings. The van der Waals surface area contributed by atoms with Crippen molar-refractivity contribution in [3.8, 4) is 11.5 Å². The van der Waals surface area contributed by atoms with Crippen LogP contribution in [-0.2, 0) is 0 Å². The predicted molar refractivity (Wildman–Crippen MR) is 66.8 cm³/mol. The minimum absolute atomic E-state index is 0.493. The van der Waals surface area contributed by atoms with Crippen molar-refractivity contribution in [2.24, 2.45) is 0 Å². The zero-order valence-corrected chi connectivity index (χ0v) is 10.3. The van der Waals surface area contributed by atoms with Gasteiger partial charge in [-0.3, -0.25) is 0 Å². The molecule has 3 heteroatoms. The number of fused-ring (bicyclic) bond motifs is 1. The zero-order valence-electron chi connectivity index (χ0n) is 10.3.